The van der Waals surface area contributed by atoms with Crippen LogP contribution in [0.4, 0.5) is 14.5 Å². The molecule has 2 aromatic rings. The summed E-state index contributed by atoms with van der Waals surface area (Å²) in [6.45, 7) is 1.56. The summed E-state index contributed by atoms with van der Waals surface area (Å²) in [6, 6.07) is 7.60. The fourth-order valence-electron chi connectivity index (χ4n) is 2.36. The summed E-state index contributed by atoms with van der Waals surface area (Å²) >= 11 is 0. The Bertz CT molecular complexity index is 823. The van der Waals surface area contributed by atoms with E-state index in [-0.39, 0.29) is 12.5 Å². The highest BCUT2D eigenvalue weighted by atomic mass is 19.2. The fourth-order valence-corrected chi connectivity index (χ4v) is 2.36. The summed E-state index contributed by atoms with van der Waals surface area (Å²) in [6.07, 6.45) is 0. The number of ether oxygens (including phenoxy) is 1. The van der Waals surface area contributed by atoms with Crippen molar-refractivity contribution in [3.8, 4) is 5.75 Å². The molecular formula is C17H14F2N2O3. The number of carbonyl (C=O) groups excluding carboxylic acids is 2. The van der Waals surface area contributed by atoms with Crippen molar-refractivity contribution in [2.75, 3.05) is 11.9 Å². The number of rotatable bonds is 3. The number of amides is 2. The third-order valence-corrected chi connectivity index (χ3v) is 3.67. The summed E-state index contributed by atoms with van der Waals surface area (Å²) in [5.74, 6) is -2.15. The fraction of sp³-hybridized carbons (Fsp3) is 0.176. The Balaban J connectivity index is 1.74. The van der Waals surface area contributed by atoms with Crippen LogP contribution >= 0.6 is 0 Å². The van der Waals surface area contributed by atoms with Crippen LogP contribution in [0.15, 0.2) is 36.4 Å². The van der Waals surface area contributed by atoms with E-state index in [0.717, 1.165) is 12.1 Å². The lowest BCUT2D eigenvalue weighted by atomic mass is 10.1. The van der Waals surface area contributed by atoms with E-state index in [1.54, 1.807) is 19.1 Å². The molecular weight excluding hydrogens is 318 g/mol. The maximum Gasteiger partial charge on any atom is 0.262 e. The molecule has 0 aromatic heterocycles. The number of hydrogen-bond acceptors (Lipinski definition) is 3. The minimum atomic E-state index is -0.966. The molecule has 0 aliphatic carbocycles. The zero-order chi connectivity index (χ0) is 17.3. The maximum absolute atomic E-state index is 13.3. The summed E-state index contributed by atoms with van der Waals surface area (Å²) in [5.41, 5.74) is 1.28. The zero-order valence-corrected chi connectivity index (χ0v) is 12.7. The van der Waals surface area contributed by atoms with Gasteiger partial charge in [-0.2, -0.15) is 0 Å². The lowest BCUT2D eigenvalue weighted by Gasteiger charge is -2.19. The predicted octanol–water partition coefficient (Wildman–Crippen LogP) is 2.79. The number of benzene rings is 2. The van der Waals surface area contributed by atoms with Gasteiger partial charge in [0.2, 0.25) is 0 Å². The first-order valence-electron chi connectivity index (χ1n) is 7.26. The second-order valence-corrected chi connectivity index (χ2v) is 5.42. The summed E-state index contributed by atoms with van der Waals surface area (Å²) in [5, 5.41) is 5.34. The van der Waals surface area contributed by atoms with Crippen molar-refractivity contribution >= 4 is 17.5 Å². The molecule has 0 spiro atoms. The van der Waals surface area contributed by atoms with E-state index in [1.807, 2.05) is 0 Å². The monoisotopic (exact) mass is 332 g/mol. The van der Waals surface area contributed by atoms with Crippen molar-refractivity contribution in [3.63, 3.8) is 0 Å². The van der Waals surface area contributed by atoms with Gasteiger partial charge in [-0.3, -0.25) is 9.59 Å². The van der Waals surface area contributed by atoms with Gasteiger partial charge in [-0.25, -0.2) is 8.78 Å². The Morgan fingerprint density at radius 1 is 1.21 bits per heavy atom. The maximum atomic E-state index is 13.3. The Morgan fingerprint density at radius 3 is 2.75 bits per heavy atom. The Morgan fingerprint density at radius 2 is 2.00 bits per heavy atom. The molecule has 124 valence electrons. The molecule has 1 aliphatic rings. The molecule has 1 heterocycles. The van der Waals surface area contributed by atoms with Crippen LogP contribution in [-0.2, 0) is 4.79 Å². The van der Waals surface area contributed by atoms with Gasteiger partial charge in [0.05, 0.1) is 11.7 Å². The third-order valence-electron chi connectivity index (χ3n) is 3.67. The van der Waals surface area contributed by atoms with Crippen molar-refractivity contribution in [1.82, 2.24) is 5.32 Å². The molecule has 7 heteroatoms. The molecule has 0 saturated heterocycles. The topological polar surface area (TPSA) is 67.4 Å². The molecule has 1 aliphatic heterocycles. The number of anilines is 1. The van der Waals surface area contributed by atoms with E-state index in [9.17, 15) is 18.4 Å². The van der Waals surface area contributed by atoms with Gasteiger partial charge in [0, 0.05) is 5.56 Å². The van der Waals surface area contributed by atoms with Crippen molar-refractivity contribution < 1.29 is 23.1 Å². The lowest BCUT2D eigenvalue weighted by Crippen LogP contribution is -2.28. The first-order valence-corrected chi connectivity index (χ1v) is 7.26. The molecule has 5 nitrogen and oxygen atoms in total. The second-order valence-electron chi connectivity index (χ2n) is 5.42. The molecule has 2 aromatic carbocycles. The molecule has 24 heavy (non-hydrogen) atoms. The number of hydrogen-bond donors (Lipinski definition) is 2. The second kappa shape index (κ2) is 6.27. The summed E-state index contributed by atoms with van der Waals surface area (Å²) in [7, 11) is 0. The highest BCUT2D eigenvalue weighted by Gasteiger charge is 2.19. The minimum absolute atomic E-state index is 0.108. The average molecular weight is 332 g/mol. The van der Waals surface area contributed by atoms with Crippen LogP contribution in [0.2, 0.25) is 0 Å². The normalized spacial score (nSPS) is 14.2. The number of nitrogens with one attached hydrogen (secondary N) is 2. The largest absolute Gasteiger partial charge is 0.482 e. The van der Waals surface area contributed by atoms with Crippen LogP contribution in [0.5, 0.6) is 5.75 Å². The zero-order valence-electron chi connectivity index (χ0n) is 12.7. The molecule has 0 radical (unpaired) electrons. The van der Waals surface area contributed by atoms with Gasteiger partial charge in [0.25, 0.3) is 11.8 Å². The van der Waals surface area contributed by atoms with Gasteiger partial charge in [-0.05, 0) is 42.8 Å². The molecule has 3 rings (SSSR count). The summed E-state index contributed by atoms with van der Waals surface area (Å²) < 4.78 is 31.5. The molecule has 0 saturated carbocycles. The molecule has 1 atom stereocenters. The molecule has 2 N–H and O–H groups in total. The average Bonchev–Trinajstić information content (AvgIpc) is 2.56. The standard InChI is InChI=1S/C17H14F2N2O3/c1-9(10-2-4-12(18)13(19)6-10)20-17(23)11-3-5-14-15(7-11)24-8-16(22)21-14/h2-7,9H,8H2,1H3,(H,20,23)(H,21,22). The molecule has 2 amide bonds. The van der Waals surface area contributed by atoms with Crippen LogP contribution in [0, 0.1) is 11.6 Å². The predicted molar refractivity (Wildman–Crippen MR) is 82.8 cm³/mol. The Kier molecular flexibility index (Phi) is 4.16. The van der Waals surface area contributed by atoms with Gasteiger partial charge in [-0.1, -0.05) is 6.07 Å². The van der Waals surface area contributed by atoms with E-state index >= 15 is 0 Å². The van der Waals surface area contributed by atoms with E-state index in [2.05, 4.69) is 10.6 Å². The third kappa shape index (κ3) is 3.19. The number of halogens is 2. The van der Waals surface area contributed by atoms with Crippen LogP contribution in [0.25, 0.3) is 0 Å². The van der Waals surface area contributed by atoms with Crippen LogP contribution < -0.4 is 15.4 Å². The van der Waals surface area contributed by atoms with Crippen molar-refractivity contribution in [2.24, 2.45) is 0 Å². The van der Waals surface area contributed by atoms with Crippen molar-refractivity contribution in [1.29, 1.82) is 0 Å². The minimum Gasteiger partial charge on any atom is -0.482 e. The molecule has 0 bridgehead atoms. The highest BCUT2D eigenvalue weighted by Crippen LogP contribution is 2.28. The number of carbonyl (C=O) groups is 2. The first-order chi connectivity index (χ1) is 11.4. The van der Waals surface area contributed by atoms with E-state index in [0.29, 0.717) is 22.6 Å². The Labute approximate surface area is 136 Å². The summed E-state index contributed by atoms with van der Waals surface area (Å²) in [4.78, 5) is 23.5. The first kappa shape index (κ1) is 15.9. The van der Waals surface area contributed by atoms with Crippen molar-refractivity contribution in [2.45, 2.75) is 13.0 Å². The van der Waals surface area contributed by atoms with E-state index in [4.69, 9.17) is 4.74 Å². The SMILES string of the molecule is CC(NC(=O)c1ccc2c(c1)OCC(=O)N2)c1ccc(F)c(F)c1. The smallest absolute Gasteiger partial charge is 0.262 e. The van der Waals surface area contributed by atoms with Gasteiger partial charge in [0.1, 0.15) is 5.75 Å². The van der Waals surface area contributed by atoms with Gasteiger partial charge >= 0.3 is 0 Å². The van der Waals surface area contributed by atoms with Crippen LogP contribution in [0.1, 0.15) is 28.9 Å². The highest BCUT2D eigenvalue weighted by molar-refractivity contribution is 5.99. The number of fused-ring (bicyclic) bond motifs is 1. The lowest BCUT2D eigenvalue weighted by molar-refractivity contribution is -0.118. The molecule has 0 fully saturated rings. The molecule has 1 unspecified atom stereocenters. The van der Waals surface area contributed by atoms with E-state index in [1.165, 1.54) is 12.1 Å². The van der Waals surface area contributed by atoms with Gasteiger partial charge in [0.15, 0.2) is 18.2 Å². The van der Waals surface area contributed by atoms with Gasteiger partial charge in [-0.15, -0.1) is 0 Å². The van der Waals surface area contributed by atoms with Crippen molar-refractivity contribution in [3.05, 3.63) is 59.2 Å². The van der Waals surface area contributed by atoms with E-state index < -0.39 is 23.6 Å². The quantitative estimate of drug-likeness (QED) is 0.908. The van der Waals surface area contributed by atoms with Crippen LogP contribution in [-0.4, -0.2) is 18.4 Å². The van der Waals surface area contributed by atoms with Crippen LogP contribution in [0.3, 0.4) is 0 Å². The Hall–Kier alpha value is -2.96. The van der Waals surface area contributed by atoms with Gasteiger partial charge < -0.3 is 15.4 Å².